The summed E-state index contributed by atoms with van der Waals surface area (Å²) in [5, 5.41) is 3.20. The highest BCUT2D eigenvalue weighted by atomic mass is 79.9. The minimum absolute atomic E-state index is 0.111. The van der Waals surface area contributed by atoms with E-state index in [-0.39, 0.29) is 11.8 Å². The van der Waals surface area contributed by atoms with Gasteiger partial charge in [0, 0.05) is 44.5 Å². The van der Waals surface area contributed by atoms with Gasteiger partial charge in [-0.1, -0.05) is 30.3 Å². The van der Waals surface area contributed by atoms with Gasteiger partial charge in [0.1, 0.15) is 0 Å². The zero-order valence-corrected chi connectivity index (χ0v) is 19.6. The molecule has 4 rings (SSSR count). The number of benzene rings is 1. The first kappa shape index (κ1) is 22.2. The third-order valence-electron chi connectivity index (χ3n) is 6.56. The van der Waals surface area contributed by atoms with E-state index >= 15 is 0 Å². The standard InChI is InChI=1S/C24H32BrN5O/c25-22-16-27-24(28-17-22)30-14-9-21(10-15-30)23(31)26-11-6-19-7-12-29(13-8-19)18-20-4-2-1-3-5-20/h1-5,16-17,19,21H,6-15,18H2,(H,26,31). The highest BCUT2D eigenvalue weighted by molar-refractivity contribution is 9.10. The quantitative estimate of drug-likeness (QED) is 0.644. The molecule has 2 fully saturated rings. The van der Waals surface area contributed by atoms with Crippen molar-refractivity contribution in [3.8, 4) is 0 Å². The number of nitrogens with zero attached hydrogens (tertiary/aromatic N) is 4. The van der Waals surface area contributed by atoms with Gasteiger partial charge in [0.05, 0.1) is 4.47 Å². The summed E-state index contributed by atoms with van der Waals surface area (Å²) in [7, 11) is 0. The van der Waals surface area contributed by atoms with Crippen LogP contribution in [0.3, 0.4) is 0 Å². The summed E-state index contributed by atoms with van der Waals surface area (Å²) in [6.45, 7) is 5.83. The van der Waals surface area contributed by atoms with Gasteiger partial charge in [-0.15, -0.1) is 0 Å². The Morgan fingerprint density at radius 1 is 1.00 bits per heavy atom. The molecule has 1 amide bonds. The molecule has 3 heterocycles. The van der Waals surface area contributed by atoms with Crippen molar-refractivity contribution < 1.29 is 4.79 Å². The molecule has 2 aliphatic rings. The van der Waals surface area contributed by atoms with Crippen molar-refractivity contribution in [1.29, 1.82) is 0 Å². The van der Waals surface area contributed by atoms with Crippen LogP contribution in [0.5, 0.6) is 0 Å². The maximum Gasteiger partial charge on any atom is 0.225 e. The molecular weight excluding hydrogens is 454 g/mol. The number of nitrogens with one attached hydrogen (secondary N) is 1. The lowest BCUT2D eigenvalue weighted by atomic mass is 9.92. The molecule has 0 bridgehead atoms. The maximum absolute atomic E-state index is 12.6. The summed E-state index contributed by atoms with van der Waals surface area (Å²) in [5.41, 5.74) is 1.39. The molecule has 2 saturated heterocycles. The van der Waals surface area contributed by atoms with Crippen LogP contribution in [0.1, 0.15) is 37.7 Å². The van der Waals surface area contributed by atoms with Gasteiger partial charge in [0.2, 0.25) is 11.9 Å². The Labute approximate surface area is 193 Å². The first-order valence-electron chi connectivity index (χ1n) is 11.4. The Balaban J connectivity index is 1.11. The summed E-state index contributed by atoms with van der Waals surface area (Å²) >= 11 is 3.37. The van der Waals surface area contributed by atoms with Crippen molar-refractivity contribution in [3.05, 3.63) is 52.8 Å². The molecule has 31 heavy (non-hydrogen) atoms. The first-order chi connectivity index (χ1) is 15.2. The minimum atomic E-state index is 0.111. The molecule has 0 aliphatic carbocycles. The summed E-state index contributed by atoms with van der Waals surface area (Å²) in [6.07, 6.45) is 8.83. The van der Waals surface area contributed by atoms with Crippen LogP contribution < -0.4 is 10.2 Å². The van der Waals surface area contributed by atoms with Gasteiger partial charge in [-0.3, -0.25) is 9.69 Å². The number of hydrogen-bond donors (Lipinski definition) is 1. The molecule has 0 atom stereocenters. The third kappa shape index (κ3) is 6.50. The van der Waals surface area contributed by atoms with E-state index in [0.29, 0.717) is 0 Å². The fourth-order valence-electron chi connectivity index (χ4n) is 4.63. The van der Waals surface area contributed by atoms with E-state index in [2.05, 4.69) is 71.3 Å². The molecular formula is C24H32BrN5O. The number of hydrogen-bond acceptors (Lipinski definition) is 5. The summed E-state index contributed by atoms with van der Waals surface area (Å²) in [4.78, 5) is 26.1. The van der Waals surface area contributed by atoms with Crippen LogP contribution in [0.25, 0.3) is 0 Å². The average Bonchev–Trinajstić information content (AvgIpc) is 2.81. The Bertz CT molecular complexity index is 816. The zero-order chi connectivity index (χ0) is 21.5. The van der Waals surface area contributed by atoms with Gasteiger partial charge in [0.15, 0.2) is 0 Å². The number of piperidine rings is 2. The lowest BCUT2D eigenvalue weighted by Gasteiger charge is -2.33. The van der Waals surface area contributed by atoms with E-state index in [1.807, 2.05) is 0 Å². The van der Waals surface area contributed by atoms with Gasteiger partial charge in [-0.2, -0.15) is 0 Å². The zero-order valence-electron chi connectivity index (χ0n) is 18.0. The van der Waals surface area contributed by atoms with E-state index in [4.69, 9.17) is 0 Å². The third-order valence-corrected chi connectivity index (χ3v) is 6.97. The number of likely N-dealkylation sites (tertiary alicyclic amines) is 1. The molecule has 0 unspecified atom stereocenters. The monoisotopic (exact) mass is 485 g/mol. The van der Waals surface area contributed by atoms with Crippen LogP contribution in [0.2, 0.25) is 0 Å². The molecule has 0 saturated carbocycles. The van der Waals surface area contributed by atoms with E-state index in [1.165, 1.54) is 18.4 Å². The van der Waals surface area contributed by atoms with Crippen molar-refractivity contribution in [2.45, 2.75) is 38.6 Å². The van der Waals surface area contributed by atoms with Crippen molar-refractivity contribution in [2.24, 2.45) is 11.8 Å². The van der Waals surface area contributed by atoms with Crippen LogP contribution in [0.4, 0.5) is 5.95 Å². The molecule has 0 spiro atoms. The Morgan fingerprint density at radius 3 is 2.35 bits per heavy atom. The smallest absolute Gasteiger partial charge is 0.225 e. The van der Waals surface area contributed by atoms with Gasteiger partial charge in [-0.05, 0) is 72.6 Å². The molecule has 7 heteroatoms. The number of rotatable bonds is 7. The topological polar surface area (TPSA) is 61.4 Å². The second-order valence-corrected chi connectivity index (χ2v) is 9.66. The predicted molar refractivity (Wildman–Crippen MR) is 127 cm³/mol. The van der Waals surface area contributed by atoms with Gasteiger partial charge < -0.3 is 10.2 Å². The number of carbonyl (C=O) groups is 1. The molecule has 2 aromatic rings. The number of carbonyl (C=O) groups excluding carboxylic acids is 1. The summed E-state index contributed by atoms with van der Waals surface area (Å²) in [6, 6.07) is 10.7. The van der Waals surface area contributed by atoms with E-state index in [9.17, 15) is 4.79 Å². The minimum Gasteiger partial charge on any atom is -0.356 e. The van der Waals surface area contributed by atoms with Crippen LogP contribution in [-0.2, 0) is 11.3 Å². The van der Waals surface area contributed by atoms with Crippen LogP contribution in [0.15, 0.2) is 47.2 Å². The van der Waals surface area contributed by atoms with Crippen LogP contribution in [0, 0.1) is 11.8 Å². The highest BCUT2D eigenvalue weighted by Crippen LogP contribution is 2.23. The Morgan fingerprint density at radius 2 is 1.68 bits per heavy atom. The van der Waals surface area contributed by atoms with Crippen molar-refractivity contribution >= 4 is 27.8 Å². The average molecular weight is 486 g/mol. The van der Waals surface area contributed by atoms with Crippen LogP contribution in [-0.4, -0.2) is 53.5 Å². The molecule has 1 aromatic carbocycles. The lowest BCUT2D eigenvalue weighted by molar-refractivity contribution is -0.125. The summed E-state index contributed by atoms with van der Waals surface area (Å²) < 4.78 is 0.882. The maximum atomic E-state index is 12.6. The second kappa shape index (κ2) is 11.0. The highest BCUT2D eigenvalue weighted by Gasteiger charge is 2.26. The van der Waals surface area contributed by atoms with Gasteiger partial charge >= 0.3 is 0 Å². The lowest BCUT2D eigenvalue weighted by Crippen LogP contribution is -2.41. The fourth-order valence-corrected chi connectivity index (χ4v) is 4.83. The van der Waals surface area contributed by atoms with E-state index in [0.717, 1.165) is 74.9 Å². The number of halogens is 1. The molecule has 166 valence electrons. The van der Waals surface area contributed by atoms with Crippen LogP contribution >= 0.6 is 15.9 Å². The predicted octanol–water partition coefficient (Wildman–Crippen LogP) is 3.87. The number of amides is 1. The van der Waals surface area contributed by atoms with E-state index < -0.39 is 0 Å². The van der Waals surface area contributed by atoms with E-state index in [1.54, 1.807) is 12.4 Å². The molecule has 6 nitrogen and oxygen atoms in total. The molecule has 1 N–H and O–H groups in total. The van der Waals surface area contributed by atoms with Crippen molar-refractivity contribution in [2.75, 3.05) is 37.6 Å². The Kier molecular flexibility index (Phi) is 7.92. The Hall–Kier alpha value is -1.99. The van der Waals surface area contributed by atoms with Crippen molar-refractivity contribution in [1.82, 2.24) is 20.2 Å². The van der Waals surface area contributed by atoms with Gasteiger partial charge in [0.25, 0.3) is 0 Å². The largest absolute Gasteiger partial charge is 0.356 e. The molecule has 1 aromatic heterocycles. The SMILES string of the molecule is O=C(NCCC1CCN(Cc2ccccc2)CC1)C1CCN(c2ncc(Br)cn2)CC1. The number of aromatic nitrogens is 2. The number of anilines is 1. The van der Waals surface area contributed by atoms with Gasteiger partial charge in [-0.25, -0.2) is 9.97 Å². The normalized spacial score (nSPS) is 18.8. The van der Waals surface area contributed by atoms with Crippen molar-refractivity contribution in [3.63, 3.8) is 0 Å². The second-order valence-electron chi connectivity index (χ2n) is 8.75. The molecule has 0 radical (unpaired) electrons. The fraction of sp³-hybridized carbons (Fsp3) is 0.542. The molecule has 2 aliphatic heterocycles. The summed E-state index contributed by atoms with van der Waals surface area (Å²) in [5.74, 6) is 1.81. The first-order valence-corrected chi connectivity index (χ1v) is 12.2.